The SMILES string of the molecule is COc1ccc2cc3[n+](cc2c1OCCOc1ccc(-c2cc4ccccc4[nH]2)cc1)CCc1cc2c(cc1-3)OCO2. The molecule has 0 saturated heterocycles. The third-order valence-electron chi connectivity index (χ3n) is 8.09. The number of para-hydroxylation sites is 1. The molecule has 0 aliphatic carbocycles. The highest BCUT2D eigenvalue weighted by molar-refractivity contribution is 5.92. The highest BCUT2D eigenvalue weighted by Gasteiger charge is 2.28. The van der Waals surface area contributed by atoms with Gasteiger partial charge in [-0.1, -0.05) is 18.2 Å². The summed E-state index contributed by atoms with van der Waals surface area (Å²) in [5.41, 5.74) is 6.93. The largest absolute Gasteiger partial charge is 0.493 e. The molecule has 0 bridgehead atoms. The molecular weight excluding hydrogens is 528 g/mol. The van der Waals surface area contributed by atoms with Crippen molar-refractivity contribution >= 4 is 21.7 Å². The molecule has 0 saturated carbocycles. The second-order valence-electron chi connectivity index (χ2n) is 10.6. The summed E-state index contributed by atoms with van der Waals surface area (Å²) in [6.07, 6.45) is 3.09. The van der Waals surface area contributed by atoms with E-state index in [1.165, 1.54) is 16.5 Å². The lowest BCUT2D eigenvalue weighted by Crippen LogP contribution is -2.40. The van der Waals surface area contributed by atoms with E-state index >= 15 is 0 Å². The van der Waals surface area contributed by atoms with Crippen molar-refractivity contribution in [3.05, 3.63) is 96.7 Å². The number of benzene rings is 4. The normalized spacial score (nSPS) is 13.2. The van der Waals surface area contributed by atoms with Crippen molar-refractivity contribution in [2.24, 2.45) is 0 Å². The number of hydrogen-bond donors (Lipinski definition) is 1. The monoisotopic (exact) mass is 557 g/mol. The van der Waals surface area contributed by atoms with Crippen molar-refractivity contribution in [3.63, 3.8) is 0 Å². The number of aromatic nitrogens is 2. The zero-order valence-electron chi connectivity index (χ0n) is 23.2. The number of pyridine rings is 1. The number of aromatic amines is 1. The van der Waals surface area contributed by atoms with Gasteiger partial charge in [0.1, 0.15) is 19.0 Å². The van der Waals surface area contributed by atoms with Gasteiger partial charge in [-0.05, 0) is 77.2 Å². The maximum Gasteiger partial charge on any atom is 0.231 e. The van der Waals surface area contributed by atoms with Crippen molar-refractivity contribution < 1.29 is 28.3 Å². The molecule has 0 unspecified atom stereocenters. The van der Waals surface area contributed by atoms with Gasteiger partial charge in [0, 0.05) is 29.1 Å². The van der Waals surface area contributed by atoms with Gasteiger partial charge < -0.3 is 28.7 Å². The minimum Gasteiger partial charge on any atom is -0.493 e. The number of aryl methyl sites for hydroxylation is 2. The average molecular weight is 558 g/mol. The van der Waals surface area contributed by atoms with Gasteiger partial charge in [0.25, 0.3) is 0 Å². The van der Waals surface area contributed by atoms with Crippen LogP contribution in [0.4, 0.5) is 0 Å². The Kier molecular flexibility index (Phi) is 5.88. The number of nitrogens with zero attached hydrogens (tertiary/aromatic N) is 1. The van der Waals surface area contributed by atoms with Crippen LogP contribution in [0.2, 0.25) is 0 Å². The summed E-state index contributed by atoms with van der Waals surface area (Å²) < 4.78 is 31.6. The van der Waals surface area contributed by atoms with E-state index in [0.29, 0.717) is 19.0 Å². The van der Waals surface area contributed by atoms with Crippen molar-refractivity contribution in [1.82, 2.24) is 4.98 Å². The molecule has 7 nitrogen and oxygen atoms in total. The Bertz CT molecular complexity index is 1930. The average Bonchev–Trinajstić information content (AvgIpc) is 3.68. The van der Waals surface area contributed by atoms with E-state index in [2.05, 4.69) is 76.4 Å². The third kappa shape index (κ3) is 4.25. The molecule has 8 rings (SSSR count). The number of fused-ring (bicyclic) bond motifs is 6. The standard InChI is InChI=1S/C35H29N2O5/c1-38-32-11-8-23-17-31-27-19-34-33(41-21-42-34)18-24(27)12-13-37(31)20-28(23)35(32)40-15-14-39-26-9-6-22(7-10-26)30-16-25-4-2-3-5-29(25)36-30/h2-11,16-20,36H,12-15,21H2,1H3/q+1. The second kappa shape index (κ2) is 10.0. The van der Waals surface area contributed by atoms with Gasteiger partial charge in [0.15, 0.2) is 35.7 Å². The van der Waals surface area contributed by atoms with E-state index in [4.69, 9.17) is 23.7 Å². The van der Waals surface area contributed by atoms with Gasteiger partial charge in [-0.3, -0.25) is 0 Å². The lowest BCUT2D eigenvalue weighted by Gasteiger charge is -2.18. The summed E-state index contributed by atoms with van der Waals surface area (Å²) in [6, 6.07) is 29.0. The Labute approximate surface area is 242 Å². The van der Waals surface area contributed by atoms with Crippen molar-refractivity contribution in [2.45, 2.75) is 13.0 Å². The first-order chi connectivity index (χ1) is 20.7. The zero-order chi connectivity index (χ0) is 28.0. The molecule has 0 fully saturated rings. The molecule has 0 radical (unpaired) electrons. The van der Waals surface area contributed by atoms with E-state index in [1.807, 2.05) is 24.3 Å². The minimum atomic E-state index is 0.274. The molecule has 7 heteroatoms. The molecule has 6 aromatic rings. The summed E-state index contributed by atoms with van der Waals surface area (Å²) in [5, 5.41) is 3.28. The molecule has 42 heavy (non-hydrogen) atoms. The van der Waals surface area contributed by atoms with Gasteiger partial charge in [-0.15, -0.1) is 0 Å². The van der Waals surface area contributed by atoms with Crippen molar-refractivity contribution in [2.75, 3.05) is 27.1 Å². The number of rotatable bonds is 7. The fourth-order valence-corrected chi connectivity index (χ4v) is 5.97. The smallest absolute Gasteiger partial charge is 0.231 e. The quantitative estimate of drug-likeness (QED) is 0.175. The van der Waals surface area contributed by atoms with Crippen LogP contribution < -0.4 is 28.3 Å². The minimum absolute atomic E-state index is 0.274. The van der Waals surface area contributed by atoms with Gasteiger partial charge in [-0.2, -0.15) is 4.57 Å². The van der Waals surface area contributed by atoms with Gasteiger partial charge in [-0.25, -0.2) is 0 Å². The van der Waals surface area contributed by atoms with Crippen LogP contribution in [-0.4, -0.2) is 32.1 Å². The Morgan fingerprint density at radius 3 is 2.52 bits per heavy atom. The molecule has 4 heterocycles. The van der Waals surface area contributed by atoms with Gasteiger partial charge in [0.05, 0.1) is 18.1 Å². The fourth-order valence-electron chi connectivity index (χ4n) is 5.97. The van der Waals surface area contributed by atoms with E-state index in [-0.39, 0.29) is 6.79 Å². The molecule has 208 valence electrons. The van der Waals surface area contributed by atoms with Crippen LogP contribution in [0.25, 0.3) is 44.2 Å². The van der Waals surface area contributed by atoms with Crippen LogP contribution in [0.3, 0.4) is 0 Å². The molecule has 2 aliphatic heterocycles. The van der Waals surface area contributed by atoms with E-state index < -0.39 is 0 Å². The number of ether oxygens (including phenoxy) is 5. The first kappa shape index (κ1) is 24.6. The van der Waals surface area contributed by atoms with E-state index in [0.717, 1.165) is 69.2 Å². The Morgan fingerprint density at radius 1 is 0.833 bits per heavy atom. The van der Waals surface area contributed by atoms with Crippen molar-refractivity contribution in [1.29, 1.82) is 0 Å². The van der Waals surface area contributed by atoms with E-state index in [1.54, 1.807) is 7.11 Å². The third-order valence-corrected chi connectivity index (χ3v) is 8.09. The van der Waals surface area contributed by atoms with Gasteiger partial charge in [0.2, 0.25) is 12.5 Å². The number of H-pyrrole nitrogens is 1. The number of hydrogen-bond acceptors (Lipinski definition) is 5. The van der Waals surface area contributed by atoms with Crippen LogP contribution in [0.1, 0.15) is 5.56 Å². The van der Waals surface area contributed by atoms with Crippen LogP contribution >= 0.6 is 0 Å². The lowest BCUT2D eigenvalue weighted by atomic mass is 9.95. The Morgan fingerprint density at radius 2 is 1.67 bits per heavy atom. The highest BCUT2D eigenvalue weighted by Crippen LogP contribution is 2.41. The van der Waals surface area contributed by atoms with Crippen LogP contribution in [0, 0.1) is 0 Å². The molecule has 0 atom stereocenters. The summed E-state index contributed by atoms with van der Waals surface area (Å²) in [5.74, 6) is 3.85. The molecule has 2 aromatic heterocycles. The highest BCUT2D eigenvalue weighted by atomic mass is 16.7. The Balaban J connectivity index is 0.996. The van der Waals surface area contributed by atoms with Crippen LogP contribution in [0.15, 0.2) is 91.1 Å². The molecule has 4 aromatic carbocycles. The summed E-state index contributed by atoms with van der Waals surface area (Å²) >= 11 is 0. The zero-order valence-corrected chi connectivity index (χ0v) is 23.2. The summed E-state index contributed by atoms with van der Waals surface area (Å²) in [7, 11) is 1.67. The fraction of sp³-hybridized carbons (Fsp3) is 0.171. The van der Waals surface area contributed by atoms with E-state index in [9.17, 15) is 0 Å². The first-order valence-electron chi connectivity index (χ1n) is 14.1. The van der Waals surface area contributed by atoms with Gasteiger partial charge >= 0.3 is 0 Å². The molecular formula is C35H29N2O5+. The number of methoxy groups -OCH3 is 1. The van der Waals surface area contributed by atoms with Crippen LogP contribution in [-0.2, 0) is 13.0 Å². The topological polar surface area (TPSA) is 65.8 Å². The molecule has 0 amide bonds. The summed E-state index contributed by atoms with van der Waals surface area (Å²) in [6.45, 7) is 1.93. The first-order valence-corrected chi connectivity index (χ1v) is 14.1. The maximum atomic E-state index is 6.31. The maximum absolute atomic E-state index is 6.31. The lowest BCUT2D eigenvalue weighted by molar-refractivity contribution is -0.686. The predicted octanol–water partition coefficient (Wildman–Crippen LogP) is 6.69. The second-order valence-corrected chi connectivity index (χ2v) is 10.6. The van der Waals surface area contributed by atoms with Crippen molar-refractivity contribution in [3.8, 4) is 51.3 Å². The molecule has 0 spiro atoms. The Hall–Kier alpha value is -5.17. The summed E-state index contributed by atoms with van der Waals surface area (Å²) in [4.78, 5) is 3.48. The molecule has 1 N–H and O–H groups in total. The van der Waals surface area contributed by atoms with Crippen LogP contribution in [0.5, 0.6) is 28.7 Å². The predicted molar refractivity (Wildman–Crippen MR) is 161 cm³/mol. The molecule has 2 aliphatic rings. The number of nitrogens with one attached hydrogen (secondary N) is 1.